The first-order chi connectivity index (χ1) is 15.0. The Labute approximate surface area is 181 Å². The predicted molar refractivity (Wildman–Crippen MR) is 112 cm³/mol. The van der Waals surface area contributed by atoms with E-state index in [-0.39, 0.29) is 22.6 Å². The number of benzene rings is 2. The lowest BCUT2D eigenvalue weighted by molar-refractivity contribution is -0.131. The molecule has 0 aliphatic carbocycles. The van der Waals surface area contributed by atoms with Crippen molar-refractivity contribution in [1.29, 1.82) is 5.26 Å². The lowest BCUT2D eigenvalue weighted by atomic mass is 10.2. The van der Waals surface area contributed by atoms with Crippen molar-refractivity contribution in [3.63, 3.8) is 0 Å². The topological polar surface area (TPSA) is 128 Å². The minimum Gasteiger partial charge on any atom is -0.497 e. The van der Waals surface area contributed by atoms with E-state index >= 15 is 0 Å². The molecule has 0 bridgehead atoms. The van der Waals surface area contributed by atoms with Crippen LogP contribution in [0.15, 0.2) is 57.0 Å². The summed E-state index contributed by atoms with van der Waals surface area (Å²) in [6, 6.07) is 13.7. The molecule has 1 heterocycles. The summed E-state index contributed by atoms with van der Waals surface area (Å²) < 4.78 is 21.3. The minimum atomic E-state index is -1.16. The maximum Gasteiger partial charge on any atom is 0.342 e. The molecule has 3 rings (SSSR count). The molecule has 0 spiro atoms. The number of nitriles is 1. The lowest BCUT2D eigenvalue weighted by Crippen LogP contribution is -1.97. The Kier molecular flexibility index (Phi) is 7.13. The van der Waals surface area contributed by atoms with Crippen molar-refractivity contribution in [2.24, 2.45) is 0 Å². The number of carbonyl (C=O) groups is 1. The first kappa shape index (κ1) is 21.7. The largest absolute Gasteiger partial charge is 0.497 e. The highest BCUT2D eigenvalue weighted by Gasteiger charge is 2.17. The number of rotatable bonds is 9. The highest BCUT2D eigenvalue weighted by atomic mass is 32.2. The van der Waals surface area contributed by atoms with Gasteiger partial charge in [-0.25, -0.2) is 4.79 Å². The summed E-state index contributed by atoms with van der Waals surface area (Å²) in [5, 5.41) is 26.2. The third kappa shape index (κ3) is 5.77. The van der Waals surface area contributed by atoms with Crippen LogP contribution in [0.5, 0.6) is 17.2 Å². The number of methoxy groups -OCH3 is 2. The van der Waals surface area contributed by atoms with Gasteiger partial charge in [0.15, 0.2) is 6.61 Å². The monoisotopic (exact) mass is 439 g/mol. The van der Waals surface area contributed by atoms with E-state index in [1.165, 1.54) is 20.3 Å². The first-order valence-electron chi connectivity index (χ1n) is 8.82. The molecule has 3 aromatic rings. The third-order valence-electron chi connectivity index (χ3n) is 3.87. The molecule has 0 aliphatic rings. The number of aliphatic carboxylic acids is 1. The van der Waals surface area contributed by atoms with Gasteiger partial charge >= 0.3 is 5.97 Å². The first-order valence-corrected chi connectivity index (χ1v) is 9.63. The third-order valence-corrected chi connectivity index (χ3v) is 4.72. The van der Waals surface area contributed by atoms with Crippen LogP contribution in [0.2, 0.25) is 0 Å². The second-order valence-corrected chi connectivity index (χ2v) is 6.90. The molecular weight excluding hydrogens is 422 g/mol. The fraction of sp³-hybridized carbons (Fsp3) is 0.143. The van der Waals surface area contributed by atoms with Gasteiger partial charge in [-0.3, -0.25) is 0 Å². The highest BCUT2D eigenvalue weighted by molar-refractivity contribution is 8.03. The number of nitrogens with zero attached hydrogens (tertiary/aromatic N) is 3. The van der Waals surface area contributed by atoms with Crippen LogP contribution in [-0.2, 0) is 4.79 Å². The molecule has 0 unspecified atom stereocenters. The molecule has 0 fully saturated rings. The Morgan fingerprint density at radius 2 is 1.90 bits per heavy atom. The van der Waals surface area contributed by atoms with Crippen molar-refractivity contribution < 1.29 is 28.5 Å². The fourth-order valence-corrected chi connectivity index (χ4v) is 3.16. The number of ether oxygens (including phenoxy) is 3. The quantitative estimate of drug-likeness (QED) is 0.387. The second-order valence-electron chi connectivity index (χ2n) is 5.91. The van der Waals surface area contributed by atoms with Crippen LogP contribution in [-0.4, -0.2) is 42.1 Å². The molecule has 1 aromatic heterocycles. The van der Waals surface area contributed by atoms with E-state index in [9.17, 15) is 9.90 Å². The van der Waals surface area contributed by atoms with Gasteiger partial charge in [0.1, 0.15) is 28.2 Å². The molecule has 0 radical (unpaired) electrons. The molecule has 31 heavy (non-hydrogen) atoms. The molecule has 0 saturated heterocycles. The number of aromatic nitrogens is 2. The van der Waals surface area contributed by atoms with E-state index in [0.717, 1.165) is 11.8 Å². The Morgan fingerprint density at radius 1 is 1.16 bits per heavy atom. The van der Waals surface area contributed by atoms with E-state index in [1.807, 2.05) is 6.07 Å². The van der Waals surface area contributed by atoms with Crippen LogP contribution in [0, 0.1) is 11.3 Å². The van der Waals surface area contributed by atoms with Gasteiger partial charge < -0.3 is 23.7 Å². The SMILES string of the molecule is COc1cc(OC)cc(-c2nnc(S/C(=C\c3cccc(OCC#N)c3)C(=O)O)o2)c1. The molecular formula is C21H17N3O6S. The molecule has 10 heteroatoms. The fourth-order valence-electron chi connectivity index (χ4n) is 2.49. The molecule has 2 aromatic carbocycles. The van der Waals surface area contributed by atoms with Crippen LogP contribution in [0.25, 0.3) is 17.5 Å². The maximum absolute atomic E-state index is 11.7. The second kappa shape index (κ2) is 10.2. The van der Waals surface area contributed by atoms with Gasteiger partial charge in [-0.05, 0) is 47.7 Å². The summed E-state index contributed by atoms with van der Waals surface area (Å²) >= 11 is 0.816. The van der Waals surface area contributed by atoms with Gasteiger partial charge in [0.2, 0.25) is 5.89 Å². The average molecular weight is 439 g/mol. The average Bonchev–Trinajstić information content (AvgIpc) is 3.25. The van der Waals surface area contributed by atoms with Gasteiger partial charge in [-0.1, -0.05) is 12.1 Å². The Bertz CT molecular complexity index is 1130. The van der Waals surface area contributed by atoms with Crippen molar-refractivity contribution in [2.75, 3.05) is 20.8 Å². The number of carboxylic acid groups (broad SMARTS) is 1. The summed E-state index contributed by atoms with van der Waals surface area (Å²) in [5.74, 6) is 0.585. The van der Waals surface area contributed by atoms with Crippen molar-refractivity contribution in [3.05, 3.63) is 52.9 Å². The Balaban J connectivity index is 1.84. The van der Waals surface area contributed by atoms with Crippen LogP contribution in [0.3, 0.4) is 0 Å². The molecule has 9 nitrogen and oxygen atoms in total. The summed E-state index contributed by atoms with van der Waals surface area (Å²) in [4.78, 5) is 11.7. The summed E-state index contributed by atoms with van der Waals surface area (Å²) in [6.45, 7) is -0.104. The van der Waals surface area contributed by atoms with Gasteiger partial charge in [0, 0.05) is 11.6 Å². The molecule has 0 saturated carbocycles. The highest BCUT2D eigenvalue weighted by Crippen LogP contribution is 2.33. The van der Waals surface area contributed by atoms with Gasteiger partial charge in [0.25, 0.3) is 5.22 Å². The van der Waals surface area contributed by atoms with E-state index in [4.69, 9.17) is 23.9 Å². The van der Waals surface area contributed by atoms with Gasteiger partial charge in [-0.2, -0.15) is 5.26 Å². The van der Waals surface area contributed by atoms with E-state index < -0.39 is 5.97 Å². The molecule has 0 amide bonds. The molecule has 0 atom stereocenters. The normalized spacial score (nSPS) is 10.9. The Morgan fingerprint density at radius 3 is 2.55 bits per heavy atom. The predicted octanol–water partition coefficient (Wildman–Crippen LogP) is 3.87. The van der Waals surface area contributed by atoms with Crippen molar-refractivity contribution in [3.8, 4) is 34.8 Å². The zero-order valence-corrected chi connectivity index (χ0v) is 17.4. The standard InChI is InChI=1S/C21H17N3O6S/c1-27-16-10-14(11-17(12-16)28-2)19-23-24-21(30-19)31-18(20(25)26)9-13-4-3-5-15(8-13)29-7-6-22/h3-5,8-12H,7H2,1-2H3,(H,25,26)/b18-9-. The maximum atomic E-state index is 11.7. The van der Waals surface area contributed by atoms with Gasteiger partial charge in [-0.15, -0.1) is 10.2 Å². The summed E-state index contributed by atoms with van der Waals surface area (Å²) in [5.41, 5.74) is 1.15. The number of thioether (sulfide) groups is 1. The zero-order valence-electron chi connectivity index (χ0n) is 16.6. The lowest BCUT2D eigenvalue weighted by Gasteiger charge is -2.05. The van der Waals surface area contributed by atoms with E-state index in [1.54, 1.807) is 42.5 Å². The zero-order chi connectivity index (χ0) is 22.2. The van der Waals surface area contributed by atoms with Crippen LogP contribution in [0.4, 0.5) is 0 Å². The van der Waals surface area contributed by atoms with E-state index in [0.29, 0.717) is 28.4 Å². The summed E-state index contributed by atoms with van der Waals surface area (Å²) in [6.07, 6.45) is 1.45. The van der Waals surface area contributed by atoms with Gasteiger partial charge in [0.05, 0.1) is 14.2 Å². The van der Waals surface area contributed by atoms with Crippen molar-refractivity contribution in [1.82, 2.24) is 10.2 Å². The molecule has 158 valence electrons. The molecule has 1 N–H and O–H groups in total. The molecule has 0 aliphatic heterocycles. The van der Waals surface area contributed by atoms with Crippen molar-refractivity contribution in [2.45, 2.75) is 5.22 Å². The van der Waals surface area contributed by atoms with Crippen LogP contribution < -0.4 is 14.2 Å². The van der Waals surface area contributed by atoms with E-state index in [2.05, 4.69) is 10.2 Å². The summed E-state index contributed by atoms with van der Waals surface area (Å²) in [7, 11) is 3.05. The smallest absolute Gasteiger partial charge is 0.342 e. The Hall–Kier alpha value is -3.97. The number of hydrogen-bond acceptors (Lipinski definition) is 9. The minimum absolute atomic E-state index is 0.0316. The number of hydrogen-bond donors (Lipinski definition) is 1. The van der Waals surface area contributed by atoms with Crippen LogP contribution in [0.1, 0.15) is 5.56 Å². The van der Waals surface area contributed by atoms with Crippen molar-refractivity contribution >= 4 is 23.8 Å². The van der Waals surface area contributed by atoms with Crippen LogP contribution >= 0.6 is 11.8 Å². The number of carboxylic acids is 1.